The number of hydrogen-bond acceptors (Lipinski definition) is 3. The maximum Gasteiger partial charge on any atom is 0.416 e. The predicted octanol–water partition coefficient (Wildman–Crippen LogP) is 3.44. The SMILES string of the molecule is O=[N+]([O-])c1cc(C(F)(F)F)ccc1NCC1CC1. The number of halogens is 3. The van der Waals surface area contributed by atoms with E-state index < -0.39 is 22.4 Å². The molecule has 1 aromatic rings. The molecule has 0 atom stereocenters. The third-order valence-corrected chi connectivity index (χ3v) is 2.80. The van der Waals surface area contributed by atoms with Crippen molar-refractivity contribution >= 4 is 11.4 Å². The molecule has 0 amide bonds. The van der Waals surface area contributed by atoms with Gasteiger partial charge in [0.1, 0.15) is 5.69 Å². The molecule has 1 aromatic carbocycles. The molecule has 1 fully saturated rings. The average Bonchev–Trinajstić information content (AvgIpc) is 3.08. The molecule has 0 aliphatic heterocycles. The molecule has 0 unspecified atom stereocenters. The Bertz CT molecular complexity index is 470. The molecule has 2 rings (SSSR count). The molecule has 0 heterocycles. The quantitative estimate of drug-likeness (QED) is 0.666. The highest BCUT2D eigenvalue weighted by molar-refractivity contribution is 5.63. The largest absolute Gasteiger partial charge is 0.416 e. The maximum absolute atomic E-state index is 12.4. The van der Waals surface area contributed by atoms with E-state index >= 15 is 0 Å². The molecule has 1 saturated carbocycles. The van der Waals surface area contributed by atoms with Crippen LogP contribution in [-0.4, -0.2) is 11.5 Å². The van der Waals surface area contributed by atoms with E-state index in [1.807, 2.05) is 0 Å². The smallest absolute Gasteiger partial charge is 0.379 e. The van der Waals surface area contributed by atoms with Crippen molar-refractivity contribution in [3.8, 4) is 0 Å². The van der Waals surface area contributed by atoms with Crippen LogP contribution in [0.4, 0.5) is 24.5 Å². The van der Waals surface area contributed by atoms with Crippen molar-refractivity contribution in [2.24, 2.45) is 5.92 Å². The van der Waals surface area contributed by atoms with E-state index in [0.29, 0.717) is 18.5 Å². The number of alkyl halides is 3. The van der Waals surface area contributed by atoms with Crippen molar-refractivity contribution in [2.75, 3.05) is 11.9 Å². The Hall–Kier alpha value is -1.79. The molecule has 1 aliphatic carbocycles. The van der Waals surface area contributed by atoms with Crippen molar-refractivity contribution in [3.05, 3.63) is 33.9 Å². The fourth-order valence-electron chi connectivity index (χ4n) is 1.58. The summed E-state index contributed by atoms with van der Waals surface area (Å²) in [5.74, 6) is 0.479. The monoisotopic (exact) mass is 260 g/mol. The molecular formula is C11H11F3N2O2. The van der Waals surface area contributed by atoms with Gasteiger partial charge in [0, 0.05) is 12.6 Å². The molecule has 0 radical (unpaired) electrons. The highest BCUT2D eigenvalue weighted by Gasteiger charge is 2.33. The second kappa shape index (κ2) is 4.47. The van der Waals surface area contributed by atoms with Gasteiger partial charge in [-0.2, -0.15) is 13.2 Å². The molecule has 98 valence electrons. The highest BCUT2D eigenvalue weighted by atomic mass is 19.4. The number of hydrogen-bond donors (Lipinski definition) is 1. The van der Waals surface area contributed by atoms with Gasteiger partial charge >= 0.3 is 6.18 Å². The van der Waals surface area contributed by atoms with Gasteiger partial charge in [0.25, 0.3) is 5.69 Å². The van der Waals surface area contributed by atoms with Gasteiger partial charge in [0.15, 0.2) is 0 Å². The molecule has 0 spiro atoms. The molecule has 1 aliphatic rings. The fraction of sp³-hybridized carbons (Fsp3) is 0.455. The van der Waals surface area contributed by atoms with E-state index in [1.54, 1.807) is 0 Å². The Morgan fingerprint density at radius 3 is 2.56 bits per heavy atom. The van der Waals surface area contributed by atoms with Crippen molar-refractivity contribution < 1.29 is 18.1 Å². The topological polar surface area (TPSA) is 55.2 Å². The van der Waals surface area contributed by atoms with Gasteiger partial charge in [-0.1, -0.05) is 0 Å². The van der Waals surface area contributed by atoms with Crippen LogP contribution in [0, 0.1) is 16.0 Å². The highest BCUT2D eigenvalue weighted by Crippen LogP contribution is 2.36. The van der Waals surface area contributed by atoms with Crippen LogP contribution < -0.4 is 5.32 Å². The van der Waals surface area contributed by atoms with E-state index in [4.69, 9.17) is 0 Å². The normalized spacial score (nSPS) is 15.5. The molecule has 0 saturated heterocycles. The van der Waals surface area contributed by atoms with E-state index in [2.05, 4.69) is 5.32 Å². The van der Waals surface area contributed by atoms with Gasteiger partial charge in [-0.05, 0) is 30.9 Å². The maximum atomic E-state index is 12.4. The minimum atomic E-state index is -4.57. The molecule has 1 N–H and O–H groups in total. The molecule has 4 nitrogen and oxygen atoms in total. The third kappa shape index (κ3) is 2.91. The number of nitrogens with one attached hydrogen (secondary N) is 1. The first-order chi connectivity index (χ1) is 8.38. The van der Waals surface area contributed by atoms with Crippen LogP contribution >= 0.6 is 0 Å². The number of anilines is 1. The van der Waals surface area contributed by atoms with Crippen LogP contribution in [0.15, 0.2) is 18.2 Å². The molecule has 18 heavy (non-hydrogen) atoms. The summed E-state index contributed by atoms with van der Waals surface area (Å²) >= 11 is 0. The van der Waals surface area contributed by atoms with Gasteiger partial charge in [-0.15, -0.1) is 0 Å². The Morgan fingerprint density at radius 1 is 1.39 bits per heavy atom. The van der Waals surface area contributed by atoms with Gasteiger partial charge in [0.05, 0.1) is 10.5 Å². The van der Waals surface area contributed by atoms with Gasteiger partial charge in [0.2, 0.25) is 0 Å². The van der Waals surface area contributed by atoms with Crippen LogP contribution in [0.3, 0.4) is 0 Å². The van der Waals surface area contributed by atoms with Crippen LogP contribution in [0.2, 0.25) is 0 Å². The molecule has 0 bridgehead atoms. The summed E-state index contributed by atoms with van der Waals surface area (Å²) < 4.78 is 37.3. The number of benzene rings is 1. The zero-order chi connectivity index (χ0) is 13.3. The van der Waals surface area contributed by atoms with Crippen LogP contribution in [-0.2, 0) is 6.18 Å². The first-order valence-electron chi connectivity index (χ1n) is 5.47. The van der Waals surface area contributed by atoms with Crippen LogP contribution in [0.25, 0.3) is 0 Å². The zero-order valence-electron chi connectivity index (χ0n) is 9.33. The summed E-state index contributed by atoms with van der Waals surface area (Å²) in [6.45, 7) is 0.562. The van der Waals surface area contributed by atoms with E-state index in [9.17, 15) is 23.3 Å². The standard InChI is InChI=1S/C11H11F3N2O2/c12-11(13,14)8-3-4-9(10(5-8)16(17)18)15-6-7-1-2-7/h3-5,7,15H,1-2,6H2. The van der Waals surface area contributed by atoms with Gasteiger partial charge in [-0.3, -0.25) is 10.1 Å². The van der Waals surface area contributed by atoms with Crippen molar-refractivity contribution in [3.63, 3.8) is 0 Å². The first kappa shape index (κ1) is 12.7. The summed E-state index contributed by atoms with van der Waals surface area (Å²) in [6.07, 6.45) is -2.46. The second-order valence-electron chi connectivity index (χ2n) is 4.31. The average molecular weight is 260 g/mol. The van der Waals surface area contributed by atoms with Crippen LogP contribution in [0.1, 0.15) is 18.4 Å². The van der Waals surface area contributed by atoms with Gasteiger partial charge < -0.3 is 5.32 Å². The second-order valence-corrected chi connectivity index (χ2v) is 4.31. The summed E-state index contributed by atoms with van der Waals surface area (Å²) in [7, 11) is 0. The lowest BCUT2D eigenvalue weighted by molar-refractivity contribution is -0.384. The lowest BCUT2D eigenvalue weighted by Crippen LogP contribution is -2.09. The van der Waals surface area contributed by atoms with Crippen molar-refractivity contribution in [1.82, 2.24) is 0 Å². The van der Waals surface area contributed by atoms with Crippen LogP contribution in [0.5, 0.6) is 0 Å². The van der Waals surface area contributed by atoms with Gasteiger partial charge in [-0.25, -0.2) is 0 Å². The third-order valence-electron chi connectivity index (χ3n) is 2.80. The van der Waals surface area contributed by atoms with E-state index in [-0.39, 0.29) is 5.69 Å². The number of nitro groups is 1. The fourth-order valence-corrected chi connectivity index (χ4v) is 1.58. The number of nitro benzene ring substituents is 1. The Labute approximate surface area is 101 Å². The summed E-state index contributed by atoms with van der Waals surface area (Å²) in [5.41, 5.74) is -1.41. The Balaban J connectivity index is 2.25. The summed E-state index contributed by atoms with van der Waals surface area (Å²) in [6, 6.07) is 2.53. The number of rotatable bonds is 4. The lowest BCUT2D eigenvalue weighted by atomic mass is 10.1. The molecule has 7 heteroatoms. The first-order valence-corrected chi connectivity index (χ1v) is 5.47. The Morgan fingerprint density at radius 2 is 2.06 bits per heavy atom. The summed E-state index contributed by atoms with van der Waals surface area (Å²) in [5, 5.41) is 13.6. The lowest BCUT2D eigenvalue weighted by Gasteiger charge is -2.10. The summed E-state index contributed by atoms with van der Waals surface area (Å²) in [4.78, 5) is 9.96. The Kier molecular flexibility index (Phi) is 3.14. The zero-order valence-corrected chi connectivity index (χ0v) is 9.33. The van der Waals surface area contributed by atoms with E-state index in [0.717, 1.165) is 25.0 Å². The predicted molar refractivity (Wildman–Crippen MR) is 59.3 cm³/mol. The molecular weight excluding hydrogens is 249 g/mol. The van der Waals surface area contributed by atoms with Crippen molar-refractivity contribution in [2.45, 2.75) is 19.0 Å². The van der Waals surface area contributed by atoms with E-state index in [1.165, 1.54) is 0 Å². The minimum Gasteiger partial charge on any atom is -0.379 e. The van der Waals surface area contributed by atoms with Crippen molar-refractivity contribution in [1.29, 1.82) is 0 Å². The molecule has 0 aromatic heterocycles. The minimum absolute atomic E-state index is 0.139. The number of nitrogens with zero attached hydrogens (tertiary/aromatic N) is 1.